The van der Waals surface area contributed by atoms with E-state index in [1.807, 2.05) is 0 Å². The highest BCUT2D eigenvalue weighted by Crippen LogP contribution is 2.18. The monoisotopic (exact) mass is 918 g/mol. The van der Waals surface area contributed by atoms with E-state index in [0.717, 1.165) is 70.6 Å². The minimum atomic E-state index is -0.681. The molecular formula is C59H115NO5. The van der Waals surface area contributed by atoms with E-state index >= 15 is 0 Å². The minimum Gasteiger partial charge on any atom is -0.466 e. The number of carbonyl (C=O) groups is 2. The molecule has 1 amide bonds. The first-order valence-corrected chi connectivity index (χ1v) is 29.4. The average Bonchev–Trinajstić information content (AvgIpc) is 3.31. The molecule has 0 saturated carbocycles. The van der Waals surface area contributed by atoms with E-state index in [-0.39, 0.29) is 18.5 Å². The van der Waals surface area contributed by atoms with E-state index in [1.165, 1.54) is 225 Å². The van der Waals surface area contributed by atoms with Gasteiger partial charge in [-0.1, -0.05) is 276 Å². The van der Waals surface area contributed by atoms with Crippen molar-refractivity contribution in [3.05, 3.63) is 12.2 Å². The first kappa shape index (κ1) is 63.6. The van der Waals surface area contributed by atoms with Crippen molar-refractivity contribution in [2.24, 2.45) is 0 Å². The Morgan fingerprint density at radius 3 is 1.11 bits per heavy atom. The van der Waals surface area contributed by atoms with Crippen molar-refractivity contribution >= 4 is 11.9 Å². The number of ether oxygens (including phenoxy) is 1. The third-order valence-electron chi connectivity index (χ3n) is 13.8. The maximum Gasteiger partial charge on any atom is 0.305 e. The molecule has 0 aliphatic carbocycles. The van der Waals surface area contributed by atoms with Gasteiger partial charge in [0.1, 0.15) is 0 Å². The van der Waals surface area contributed by atoms with Gasteiger partial charge in [-0.3, -0.25) is 9.59 Å². The van der Waals surface area contributed by atoms with Gasteiger partial charge in [0.2, 0.25) is 5.91 Å². The van der Waals surface area contributed by atoms with Crippen LogP contribution in [0.5, 0.6) is 0 Å². The fourth-order valence-corrected chi connectivity index (χ4v) is 9.28. The van der Waals surface area contributed by atoms with Gasteiger partial charge < -0.3 is 20.3 Å². The second kappa shape index (κ2) is 55.2. The molecule has 3 N–H and O–H groups in total. The number of nitrogens with one attached hydrogen (secondary N) is 1. The lowest BCUT2D eigenvalue weighted by Gasteiger charge is -2.22. The summed E-state index contributed by atoms with van der Waals surface area (Å²) in [6.45, 7) is 4.93. The van der Waals surface area contributed by atoms with Crippen molar-refractivity contribution in [1.82, 2.24) is 5.32 Å². The molecule has 386 valence electrons. The van der Waals surface area contributed by atoms with Crippen molar-refractivity contribution in [2.75, 3.05) is 13.2 Å². The van der Waals surface area contributed by atoms with Crippen LogP contribution in [0.3, 0.4) is 0 Å². The molecule has 0 aliphatic heterocycles. The molecule has 2 atom stereocenters. The molecule has 65 heavy (non-hydrogen) atoms. The van der Waals surface area contributed by atoms with Crippen LogP contribution < -0.4 is 5.32 Å². The Kier molecular flexibility index (Phi) is 54.0. The Bertz CT molecular complexity index is 970. The van der Waals surface area contributed by atoms with E-state index < -0.39 is 12.1 Å². The van der Waals surface area contributed by atoms with Crippen LogP contribution in [0.4, 0.5) is 0 Å². The molecule has 0 bridgehead atoms. The highest BCUT2D eigenvalue weighted by atomic mass is 16.5. The molecule has 0 aliphatic rings. The van der Waals surface area contributed by atoms with Crippen LogP contribution in [-0.2, 0) is 14.3 Å². The second-order valence-electron chi connectivity index (χ2n) is 20.3. The van der Waals surface area contributed by atoms with Gasteiger partial charge in [-0.05, 0) is 51.4 Å². The lowest BCUT2D eigenvalue weighted by Crippen LogP contribution is -2.45. The zero-order chi connectivity index (χ0) is 47.2. The van der Waals surface area contributed by atoms with Gasteiger partial charge in [0.15, 0.2) is 0 Å². The number of hydrogen-bond donors (Lipinski definition) is 3. The standard InChI is InChI=1S/C59H115NO5/c1-3-5-7-9-11-13-15-16-17-18-19-20-21-22-23-24-25-26-28-32-35-39-43-47-51-57(62)56(55-61)60-58(63)52-48-44-40-36-33-29-27-30-34-38-42-46-50-54-65-59(64)53-49-45-41-37-31-14-12-10-8-6-4-2/h29,33,56-57,61-62H,3-28,30-32,34-55H2,1-2H3,(H,60,63)/b33-29-. The normalized spacial score (nSPS) is 12.6. The van der Waals surface area contributed by atoms with Gasteiger partial charge >= 0.3 is 5.97 Å². The number of hydrogen-bond acceptors (Lipinski definition) is 5. The Morgan fingerprint density at radius 2 is 0.723 bits per heavy atom. The molecule has 0 heterocycles. The molecule has 0 rings (SSSR count). The molecule has 0 spiro atoms. The summed E-state index contributed by atoms with van der Waals surface area (Å²) in [7, 11) is 0. The second-order valence-corrected chi connectivity index (χ2v) is 20.3. The Hall–Kier alpha value is -1.40. The van der Waals surface area contributed by atoms with Crippen molar-refractivity contribution in [1.29, 1.82) is 0 Å². The summed E-state index contributed by atoms with van der Waals surface area (Å²) < 4.78 is 5.45. The Balaban J connectivity index is 3.48. The summed E-state index contributed by atoms with van der Waals surface area (Å²) in [6.07, 6.45) is 64.9. The Morgan fingerprint density at radius 1 is 0.415 bits per heavy atom. The number of unbranched alkanes of at least 4 members (excludes halogenated alkanes) is 42. The van der Waals surface area contributed by atoms with E-state index in [1.54, 1.807) is 0 Å². The van der Waals surface area contributed by atoms with Crippen LogP contribution in [0.15, 0.2) is 12.2 Å². The van der Waals surface area contributed by atoms with E-state index in [2.05, 4.69) is 31.3 Å². The number of allylic oxidation sites excluding steroid dienone is 2. The first-order valence-electron chi connectivity index (χ1n) is 29.4. The van der Waals surface area contributed by atoms with Crippen LogP contribution in [-0.4, -0.2) is 47.4 Å². The molecular weight excluding hydrogens is 803 g/mol. The minimum absolute atomic E-state index is 0.0119. The third kappa shape index (κ3) is 51.8. The van der Waals surface area contributed by atoms with Crippen molar-refractivity contribution in [3.8, 4) is 0 Å². The summed E-state index contributed by atoms with van der Waals surface area (Å²) in [5.41, 5.74) is 0. The van der Waals surface area contributed by atoms with E-state index in [0.29, 0.717) is 25.9 Å². The maximum absolute atomic E-state index is 12.5. The molecule has 0 fully saturated rings. The van der Waals surface area contributed by atoms with Gasteiger partial charge in [-0.15, -0.1) is 0 Å². The molecule has 0 aromatic heterocycles. The van der Waals surface area contributed by atoms with Crippen LogP contribution in [0.1, 0.15) is 328 Å². The zero-order valence-electron chi connectivity index (χ0n) is 44.0. The number of carbonyl (C=O) groups excluding carboxylic acids is 2. The van der Waals surface area contributed by atoms with E-state index in [9.17, 15) is 19.8 Å². The first-order chi connectivity index (χ1) is 32.0. The number of esters is 1. The fraction of sp³-hybridized carbons (Fsp3) is 0.932. The molecule has 6 heteroatoms. The zero-order valence-corrected chi connectivity index (χ0v) is 44.0. The molecule has 0 aromatic rings. The number of aliphatic hydroxyl groups excluding tert-OH is 2. The highest BCUT2D eigenvalue weighted by molar-refractivity contribution is 5.76. The van der Waals surface area contributed by atoms with Crippen LogP contribution in [0.25, 0.3) is 0 Å². The molecule has 0 aromatic carbocycles. The molecule has 0 saturated heterocycles. The quantitative estimate of drug-likeness (QED) is 0.0321. The lowest BCUT2D eigenvalue weighted by molar-refractivity contribution is -0.143. The fourth-order valence-electron chi connectivity index (χ4n) is 9.28. The smallest absolute Gasteiger partial charge is 0.305 e. The predicted molar refractivity (Wildman–Crippen MR) is 283 cm³/mol. The average molecular weight is 919 g/mol. The van der Waals surface area contributed by atoms with Crippen LogP contribution in [0, 0.1) is 0 Å². The molecule has 2 unspecified atom stereocenters. The van der Waals surface area contributed by atoms with Gasteiger partial charge in [0.25, 0.3) is 0 Å². The van der Waals surface area contributed by atoms with Gasteiger partial charge in [-0.25, -0.2) is 0 Å². The summed E-state index contributed by atoms with van der Waals surface area (Å²) >= 11 is 0. The van der Waals surface area contributed by atoms with Crippen molar-refractivity contribution in [2.45, 2.75) is 341 Å². The van der Waals surface area contributed by atoms with Gasteiger partial charge in [-0.2, -0.15) is 0 Å². The topological polar surface area (TPSA) is 95.9 Å². The summed E-state index contributed by atoms with van der Waals surface area (Å²) in [5.74, 6) is -0.0729. The highest BCUT2D eigenvalue weighted by Gasteiger charge is 2.20. The van der Waals surface area contributed by atoms with E-state index in [4.69, 9.17) is 4.74 Å². The number of aliphatic hydroxyl groups is 2. The number of amides is 1. The lowest BCUT2D eigenvalue weighted by atomic mass is 10.0. The summed E-state index contributed by atoms with van der Waals surface area (Å²) in [5, 5.41) is 23.3. The number of rotatable bonds is 55. The Labute approximate surface area is 406 Å². The van der Waals surface area contributed by atoms with Crippen LogP contribution >= 0.6 is 0 Å². The molecule has 0 radical (unpaired) electrons. The van der Waals surface area contributed by atoms with Gasteiger partial charge in [0.05, 0.1) is 25.4 Å². The summed E-state index contributed by atoms with van der Waals surface area (Å²) in [4.78, 5) is 24.5. The third-order valence-corrected chi connectivity index (χ3v) is 13.8. The largest absolute Gasteiger partial charge is 0.466 e. The summed E-state index contributed by atoms with van der Waals surface area (Å²) in [6, 6.07) is -0.562. The van der Waals surface area contributed by atoms with Gasteiger partial charge in [0, 0.05) is 12.8 Å². The maximum atomic E-state index is 12.5. The SMILES string of the molecule is CCCCCCCCCCCCCCCCCCCCCCCCCCC(O)C(CO)NC(=O)CCCCC/C=C\CCCCCCCCOC(=O)CCCCCCCCCCCCC. The van der Waals surface area contributed by atoms with Crippen molar-refractivity contribution < 1.29 is 24.5 Å². The molecule has 6 nitrogen and oxygen atoms in total. The van der Waals surface area contributed by atoms with Crippen molar-refractivity contribution in [3.63, 3.8) is 0 Å². The van der Waals surface area contributed by atoms with Crippen LogP contribution in [0.2, 0.25) is 0 Å². The predicted octanol–water partition coefficient (Wildman–Crippen LogP) is 18.1.